The van der Waals surface area contributed by atoms with Crippen molar-refractivity contribution in [2.24, 2.45) is 0 Å². The van der Waals surface area contributed by atoms with Gasteiger partial charge in [0.2, 0.25) is 0 Å². The predicted molar refractivity (Wildman–Crippen MR) is 43.1 cm³/mol. The molecule has 1 aliphatic rings. The molecule has 1 fully saturated rings. The van der Waals surface area contributed by atoms with Crippen molar-refractivity contribution in [2.75, 3.05) is 0 Å². The van der Waals surface area contributed by atoms with Crippen molar-refractivity contribution >= 4 is 6.98 Å². The number of halogens is 3. The van der Waals surface area contributed by atoms with Gasteiger partial charge in [-0.25, -0.2) is 0 Å². The maximum absolute atomic E-state index is 12.1. The number of hydrogen-bond donors (Lipinski definition) is 0. The number of rotatable bonds is 2. The van der Waals surface area contributed by atoms with Crippen LogP contribution in [0.5, 0.6) is 0 Å². The largest absolute Gasteiger partial charge is 0.509 e. The summed E-state index contributed by atoms with van der Waals surface area (Å²) in [4.78, 5) is 0. The fourth-order valence-electron chi connectivity index (χ4n) is 1.32. The molecule has 2 rings (SSSR count). The van der Waals surface area contributed by atoms with E-state index in [2.05, 4.69) is 4.74 Å². The van der Waals surface area contributed by atoms with E-state index in [4.69, 9.17) is 0 Å². The van der Waals surface area contributed by atoms with Gasteiger partial charge in [0.05, 0.1) is 12.1 Å². The summed E-state index contributed by atoms with van der Waals surface area (Å²) >= 11 is 0. The lowest BCUT2D eigenvalue weighted by atomic mass is 9.82. The SMILES string of the molecule is F[B-](F)(F)[C@H]1O[C@@H]1c1ccccc1. The maximum atomic E-state index is 12.1. The highest BCUT2D eigenvalue weighted by Gasteiger charge is 2.53. The van der Waals surface area contributed by atoms with Crippen molar-refractivity contribution in [3.05, 3.63) is 35.9 Å². The second-order valence-electron chi connectivity index (χ2n) is 3.06. The molecule has 0 saturated carbocycles. The van der Waals surface area contributed by atoms with Crippen molar-refractivity contribution in [2.45, 2.75) is 12.1 Å². The monoisotopic (exact) mass is 187 g/mol. The Morgan fingerprint density at radius 2 is 1.69 bits per heavy atom. The van der Waals surface area contributed by atoms with Crippen LogP contribution in [0.15, 0.2) is 30.3 Å². The maximum Gasteiger partial charge on any atom is 0.509 e. The topological polar surface area (TPSA) is 12.5 Å². The third kappa shape index (κ3) is 1.70. The molecule has 1 heterocycles. The fraction of sp³-hybridized carbons (Fsp3) is 0.250. The summed E-state index contributed by atoms with van der Waals surface area (Å²) in [5, 5.41) is 0. The zero-order valence-corrected chi connectivity index (χ0v) is 6.66. The summed E-state index contributed by atoms with van der Waals surface area (Å²) < 4.78 is 40.9. The molecule has 1 aromatic carbocycles. The molecule has 1 nitrogen and oxygen atoms in total. The average molecular weight is 187 g/mol. The Kier molecular flexibility index (Phi) is 1.84. The smallest absolute Gasteiger partial charge is 0.447 e. The van der Waals surface area contributed by atoms with Crippen LogP contribution >= 0.6 is 0 Å². The van der Waals surface area contributed by atoms with Gasteiger partial charge in [0.15, 0.2) is 0 Å². The van der Waals surface area contributed by atoms with Crippen LogP contribution in [-0.2, 0) is 4.74 Å². The predicted octanol–water partition coefficient (Wildman–Crippen LogP) is 2.51. The molecular weight excluding hydrogens is 180 g/mol. The third-order valence-corrected chi connectivity index (χ3v) is 2.03. The molecule has 0 bridgehead atoms. The van der Waals surface area contributed by atoms with E-state index >= 15 is 0 Å². The van der Waals surface area contributed by atoms with E-state index in [0.717, 1.165) is 0 Å². The van der Waals surface area contributed by atoms with E-state index in [1.807, 2.05) is 0 Å². The van der Waals surface area contributed by atoms with E-state index in [1.54, 1.807) is 30.3 Å². The van der Waals surface area contributed by atoms with Gasteiger partial charge in [0.1, 0.15) is 0 Å². The number of ether oxygens (including phenoxy) is 1. The van der Waals surface area contributed by atoms with Crippen LogP contribution in [0.2, 0.25) is 0 Å². The molecule has 1 saturated heterocycles. The van der Waals surface area contributed by atoms with E-state index < -0.39 is 19.1 Å². The van der Waals surface area contributed by atoms with Crippen molar-refractivity contribution in [1.82, 2.24) is 0 Å². The Morgan fingerprint density at radius 1 is 1.08 bits per heavy atom. The average Bonchev–Trinajstić information content (AvgIpc) is 2.83. The Morgan fingerprint density at radius 3 is 2.15 bits per heavy atom. The van der Waals surface area contributed by atoms with Gasteiger partial charge in [-0.1, -0.05) is 30.3 Å². The number of hydrogen-bond acceptors (Lipinski definition) is 1. The second kappa shape index (κ2) is 2.77. The molecule has 0 N–H and O–H groups in total. The normalized spacial score (nSPS) is 27.3. The Balaban J connectivity index is 2.09. The summed E-state index contributed by atoms with van der Waals surface area (Å²) in [5.41, 5.74) is 0.603. The van der Waals surface area contributed by atoms with Crippen LogP contribution in [0.1, 0.15) is 11.7 Å². The summed E-state index contributed by atoms with van der Waals surface area (Å²) in [6.45, 7) is -4.85. The number of epoxide rings is 1. The highest BCUT2D eigenvalue weighted by Crippen LogP contribution is 2.45. The second-order valence-corrected chi connectivity index (χ2v) is 3.06. The van der Waals surface area contributed by atoms with Gasteiger partial charge < -0.3 is 17.7 Å². The molecule has 70 valence electrons. The highest BCUT2D eigenvalue weighted by molar-refractivity contribution is 6.61. The minimum atomic E-state index is -4.85. The zero-order valence-electron chi connectivity index (χ0n) is 6.66. The van der Waals surface area contributed by atoms with Crippen molar-refractivity contribution in [3.63, 3.8) is 0 Å². The van der Waals surface area contributed by atoms with Gasteiger partial charge >= 0.3 is 6.98 Å². The summed E-state index contributed by atoms with van der Waals surface area (Å²) in [6.07, 6.45) is -0.763. The summed E-state index contributed by atoms with van der Waals surface area (Å²) in [5.74, 6) is 0. The van der Waals surface area contributed by atoms with Crippen molar-refractivity contribution in [3.8, 4) is 0 Å². The first-order valence-electron chi connectivity index (χ1n) is 3.99. The molecular formula is C8H7BF3O-. The number of benzene rings is 1. The first-order valence-corrected chi connectivity index (χ1v) is 3.99. The standard InChI is InChI=1S/C8H7BF3O/c10-9(11,12)8-7(13-8)6-4-2-1-3-5-6/h1-5,7-8H/q-1/t7-,8+/m1/s1. The molecule has 5 heteroatoms. The van der Waals surface area contributed by atoms with Gasteiger partial charge in [-0.15, -0.1) is 0 Å². The van der Waals surface area contributed by atoms with E-state index in [0.29, 0.717) is 5.56 Å². The first kappa shape index (κ1) is 8.63. The molecule has 2 atom stereocenters. The Labute approximate surface area is 73.6 Å². The van der Waals surface area contributed by atoms with Crippen LogP contribution in [0.3, 0.4) is 0 Å². The molecule has 0 amide bonds. The molecule has 1 aromatic rings. The zero-order chi connectivity index (χ0) is 9.47. The Bertz CT molecular complexity index is 298. The molecule has 0 spiro atoms. The van der Waals surface area contributed by atoms with Crippen LogP contribution < -0.4 is 0 Å². The quantitative estimate of drug-likeness (QED) is 0.511. The molecule has 0 unspecified atom stereocenters. The summed E-state index contributed by atoms with van der Waals surface area (Å²) in [6, 6.07) is 6.93. The Hall–Kier alpha value is -0.965. The van der Waals surface area contributed by atoms with Gasteiger partial charge in [0, 0.05) is 0 Å². The molecule has 1 aliphatic heterocycles. The highest BCUT2D eigenvalue weighted by atomic mass is 19.4. The van der Waals surface area contributed by atoms with Gasteiger partial charge in [0.25, 0.3) is 0 Å². The third-order valence-electron chi connectivity index (χ3n) is 2.03. The molecule has 0 aromatic heterocycles. The first-order chi connectivity index (χ1) is 6.09. The molecule has 0 radical (unpaired) electrons. The van der Waals surface area contributed by atoms with Crippen LogP contribution in [0.4, 0.5) is 12.9 Å². The van der Waals surface area contributed by atoms with E-state index in [1.165, 1.54) is 0 Å². The molecule has 0 aliphatic carbocycles. The lowest BCUT2D eigenvalue weighted by Crippen LogP contribution is -2.24. The lowest BCUT2D eigenvalue weighted by Gasteiger charge is -2.08. The lowest BCUT2D eigenvalue weighted by molar-refractivity contribution is 0.357. The van der Waals surface area contributed by atoms with Crippen molar-refractivity contribution < 1.29 is 17.7 Å². The summed E-state index contributed by atoms with van der Waals surface area (Å²) in [7, 11) is 0. The molecule has 13 heavy (non-hydrogen) atoms. The fourth-order valence-corrected chi connectivity index (χ4v) is 1.32. The minimum Gasteiger partial charge on any atom is -0.447 e. The minimum absolute atomic E-state index is 0.603. The van der Waals surface area contributed by atoms with Crippen LogP contribution in [0.25, 0.3) is 0 Å². The van der Waals surface area contributed by atoms with E-state index in [-0.39, 0.29) is 0 Å². The van der Waals surface area contributed by atoms with Crippen LogP contribution in [0, 0.1) is 0 Å². The van der Waals surface area contributed by atoms with Gasteiger partial charge in [-0.2, -0.15) is 0 Å². The van der Waals surface area contributed by atoms with Crippen LogP contribution in [-0.4, -0.2) is 13.0 Å². The van der Waals surface area contributed by atoms with Gasteiger partial charge in [-0.3, -0.25) is 0 Å². The van der Waals surface area contributed by atoms with Crippen molar-refractivity contribution in [1.29, 1.82) is 0 Å². The van der Waals surface area contributed by atoms with Gasteiger partial charge in [-0.05, 0) is 5.56 Å². The van der Waals surface area contributed by atoms with E-state index in [9.17, 15) is 12.9 Å².